The molecular weight excluding hydrogens is 362 g/mol. The highest BCUT2D eigenvalue weighted by Gasteiger charge is 2.21. The Kier molecular flexibility index (Phi) is 11.2. The molecule has 0 saturated carbocycles. The van der Waals surface area contributed by atoms with Crippen LogP contribution in [0.2, 0.25) is 0 Å². The van der Waals surface area contributed by atoms with Crippen LogP contribution in [0.15, 0.2) is 24.3 Å². The van der Waals surface area contributed by atoms with E-state index in [0.29, 0.717) is 5.92 Å². The van der Waals surface area contributed by atoms with E-state index in [-0.39, 0.29) is 12.5 Å². The summed E-state index contributed by atoms with van der Waals surface area (Å²) in [5, 5.41) is 8.82. The van der Waals surface area contributed by atoms with Gasteiger partial charge in [-0.05, 0) is 75.7 Å². The lowest BCUT2D eigenvalue weighted by Gasteiger charge is -2.33. The van der Waals surface area contributed by atoms with Crippen LogP contribution < -0.4 is 4.74 Å². The fourth-order valence-electron chi connectivity index (χ4n) is 4.31. The van der Waals surface area contributed by atoms with Crippen molar-refractivity contribution in [3.63, 3.8) is 0 Å². The highest BCUT2D eigenvalue weighted by Crippen LogP contribution is 2.28. The third kappa shape index (κ3) is 9.66. The fourth-order valence-corrected chi connectivity index (χ4v) is 4.31. The molecule has 1 N–H and O–H groups in total. The van der Waals surface area contributed by atoms with Gasteiger partial charge < -0.3 is 14.7 Å². The second-order valence-electron chi connectivity index (χ2n) is 8.69. The first-order chi connectivity index (χ1) is 14.1. The second kappa shape index (κ2) is 13.6. The molecule has 1 aliphatic rings. The van der Waals surface area contributed by atoms with Crippen LogP contribution in [0.4, 0.5) is 0 Å². The Bertz CT molecular complexity index is 572. The summed E-state index contributed by atoms with van der Waals surface area (Å²) in [7, 11) is 0. The maximum atomic E-state index is 10.7. The summed E-state index contributed by atoms with van der Waals surface area (Å²) >= 11 is 0. The number of carboxylic acid groups (broad SMARTS) is 1. The Balaban J connectivity index is 1.71. The number of benzene rings is 1. The van der Waals surface area contributed by atoms with Crippen molar-refractivity contribution in [3.8, 4) is 5.75 Å². The van der Waals surface area contributed by atoms with Gasteiger partial charge in [-0.25, -0.2) is 0 Å². The molecule has 0 radical (unpaired) electrons. The van der Waals surface area contributed by atoms with E-state index in [1.165, 1.54) is 56.9 Å². The van der Waals surface area contributed by atoms with Gasteiger partial charge in [0.05, 0.1) is 6.10 Å². The van der Waals surface area contributed by atoms with Gasteiger partial charge in [0, 0.05) is 13.0 Å². The number of likely N-dealkylation sites (tertiary alicyclic amines) is 1. The Hall–Kier alpha value is -1.55. The predicted molar refractivity (Wildman–Crippen MR) is 120 cm³/mol. The van der Waals surface area contributed by atoms with Crippen LogP contribution in [0.3, 0.4) is 0 Å². The number of hydrogen-bond donors (Lipinski definition) is 1. The lowest BCUT2D eigenvalue weighted by atomic mass is 9.90. The van der Waals surface area contributed by atoms with Crippen molar-refractivity contribution >= 4 is 5.97 Å². The highest BCUT2D eigenvalue weighted by molar-refractivity contribution is 5.66. The molecule has 0 amide bonds. The van der Waals surface area contributed by atoms with Crippen LogP contribution in [0.1, 0.15) is 96.0 Å². The maximum absolute atomic E-state index is 10.7. The number of ether oxygens (including phenoxy) is 1. The van der Waals surface area contributed by atoms with Crippen molar-refractivity contribution in [1.29, 1.82) is 0 Å². The monoisotopic (exact) mass is 403 g/mol. The topological polar surface area (TPSA) is 49.8 Å². The van der Waals surface area contributed by atoms with E-state index in [0.717, 1.165) is 38.2 Å². The lowest BCUT2D eigenvalue weighted by Crippen LogP contribution is -2.35. The zero-order chi connectivity index (χ0) is 20.9. The summed E-state index contributed by atoms with van der Waals surface area (Å²) in [6, 6.07) is 8.68. The fraction of sp³-hybridized carbons (Fsp3) is 0.720. The lowest BCUT2D eigenvalue weighted by molar-refractivity contribution is -0.137. The van der Waals surface area contributed by atoms with Gasteiger partial charge in [-0.2, -0.15) is 0 Å². The van der Waals surface area contributed by atoms with E-state index in [2.05, 4.69) is 43.0 Å². The Labute approximate surface area is 177 Å². The van der Waals surface area contributed by atoms with Gasteiger partial charge in [-0.1, -0.05) is 51.2 Å². The molecule has 0 bridgehead atoms. The van der Waals surface area contributed by atoms with Gasteiger partial charge in [0.2, 0.25) is 0 Å². The van der Waals surface area contributed by atoms with E-state index in [9.17, 15) is 4.79 Å². The van der Waals surface area contributed by atoms with Gasteiger partial charge in [0.25, 0.3) is 0 Å². The first kappa shape index (κ1) is 23.7. The summed E-state index contributed by atoms with van der Waals surface area (Å²) in [4.78, 5) is 13.1. The predicted octanol–water partition coefficient (Wildman–Crippen LogP) is 6.25. The van der Waals surface area contributed by atoms with Gasteiger partial charge in [0.1, 0.15) is 5.75 Å². The number of carboxylic acids is 1. The van der Waals surface area contributed by atoms with Gasteiger partial charge in [0.15, 0.2) is 0 Å². The Morgan fingerprint density at radius 3 is 2.59 bits per heavy atom. The number of rotatable bonds is 14. The average Bonchev–Trinajstić information content (AvgIpc) is 2.71. The highest BCUT2D eigenvalue weighted by atomic mass is 16.5. The van der Waals surface area contributed by atoms with E-state index in [1.807, 2.05) is 0 Å². The van der Waals surface area contributed by atoms with E-state index < -0.39 is 5.97 Å². The molecule has 1 aromatic carbocycles. The van der Waals surface area contributed by atoms with Crippen molar-refractivity contribution in [2.45, 2.75) is 96.5 Å². The Morgan fingerprint density at radius 1 is 1.14 bits per heavy atom. The number of hydrogen-bond acceptors (Lipinski definition) is 3. The first-order valence-corrected chi connectivity index (χ1v) is 11.8. The molecular formula is C25H41NO3. The molecule has 2 atom stereocenters. The SMILES string of the molecule is CCCCCCCCC(C)Oc1ccc(C2CCCN(CCCC(=O)O)C2)cc1. The van der Waals surface area contributed by atoms with Gasteiger partial charge >= 0.3 is 5.97 Å². The molecule has 1 saturated heterocycles. The second-order valence-corrected chi connectivity index (χ2v) is 8.69. The number of nitrogens with zero attached hydrogens (tertiary/aromatic N) is 1. The molecule has 4 nitrogen and oxygen atoms in total. The van der Waals surface area contributed by atoms with Gasteiger partial charge in [-0.3, -0.25) is 4.79 Å². The van der Waals surface area contributed by atoms with E-state index in [1.54, 1.807) is 0 Å². The van der Waals surface area contributed by atoms with Gasteiger partial charge in [-0.15, -0.1) is 0 Å². The smallest absolute Gasteiger partial charge is 0.303 e. The average molecular weight is 404 g/mol. The molecule has 164 valence electrons. The molecule has 4 heteroatoms. The largest absolute Gasteiger partial charge is 0.491 e. The Morgan fingerprint density at radius 2 is 1.86 bits per heavy atom. The quantitative estimate of drug-likeness (QED) is 0.373. The molecule has 2 unspecified atom stereocenters. The maximum Gasteiger partial charge on any atom is 0.303 e. The minimum Gasteiger partial charge on any atom is -0.491 e. The van der Waals surface area contributed by atoms with Crippen LogP contribution in [0.5, 0.6) is 5.75 Å². The third-order valence-corrected chi connectivity index (χ3v) is 6.02. The summed E-state index contributed by atoms with van der Waals surface area (Å²) in [5.41, 5.74) is 1.38. The summed E-state index contributed by atoms with van der Waals surface area (Å²) < 4.78 is 6.12. The molecule has 2 rings (SSSR count). The third-order valence-electron chi connectivity index (χ3n) is 6.02. The number of aliphatic carboxylic acids is 1. The minimum absolute atomic E-state index is 0.268. The normalized spacial score (nSPS) is 18.5. The molecule has 1 heterocycles. The zero-order valence-electron chi connectivity index (χ0n) is 18.6. The molecule has 1 fully saturated rings. The molecule has 1 aromatic rings. The van der Waals surface area contributed by atoms with Crippen molar-refractivity contribution in [2.24, 2.45) is 0 Å². The van der Waals surface area contributed by atoms with Crippen molar-refractivity contribution in [2.75, 3.05) is 19.6 Å². The molecule has 0 aromatic heterocycles. The van der Waals surface area contributed by atoms with E-state index >= 15 is 0 Å². The molecule has 0 aliphatic carbocycles. The van der Waals surface area contributed by atoms with Crippen molar-refractivity contribution in [3.05, 3.63) is 29.8 Å². The van der Waals surface area contributed by atoms with E-state index in [4.69, 9.17) is 9.84 Å². The first-order valence-electron chi connectivity index (χ1n) is 11.8. The minimum atomic E-state index is -0.695. The van der Waals surface area contributed by atoms with Crippen LogP contribution in [-0.4, -0.2) is 41.7 Å². The summed E-state index contributed by atoms with van der Waals surface area (Å²) in [6.45, 7) is 7.45. The van der Waals surface area contributed by atoms with Crippen LogP contribution >= 0.6 is 0 Å². The van der Waals surface area contributed by atoms with Crippen molar-refractivity contribution in [1.82, 2.24) is 4.90 Å². The summed E-state index contributed by atoms with van der Waals surface area (Å²) in [5.74, 6) is 0.824. The number of unbranched alkanes of at least 4 members (excludes halogenated alkanes) is 5. The standard InChI is InChI=1S/C25H41NO3/c1-3-4-5-6-7-8-11-21(2)29-24-16-14-22(15-17-24)23-12-9-18-26(20-23)19-10-13-25(27)28/h14-17,21,23H,3-13,18-20H2,1-2H3,(H,27,28). The number of piperidine rings is 1. The van der Waals surface area contributed by atoms with Crippen LogP contribution in [-0.2, 0) is 4.79 Å². The molecule has 1 aliphatic heterocycles. The van der Waals surface area contributed by atoms with Crippen LogP contribution in [0.25, 0.3) is 0 Å². The number of carbonyl (C=O) groups is 1. The van der Waals surface area contributed by atoms with Crippen molar-refractivity contribution < 1.29 is 14.6 Å². The molecule has 29 heavy (non-hydrogen) atoms. The van der Waals surface area contributed by atoms with Crippen LogP contribution in [0, 0.1) is 0 Å². The molecule has 0 spiro atoms. The summed E-state index contributed by atoms with van der Waals surface area (Å²) in [6.07, 6.45) is 12.8. The zero-order valence-corrected chi connectivity index (χ0v) is 18.6.